The molecule has 0 saturated heterocycles. The summed E-state index contributed by atoms with van der Waals surface area (Å²) >= 11 is 0. The van der Waals surface area contributed by atoms with E-state index in [0.717, 1.165) is 0 Å². The van der Waals surface area contributed by atoms with Crippen molar-refractivity contribution < 1.29 is 52.5 Å². The second-order valence-electron chi connectivity index (χ2n) is 3.86. The predicted octanol–water partition coefficient (Wildman–Crippen LogP) is 1.21. The van der Waals surface area contributed by atoms with E-state index in [4.69, 9.17) is 10.2 Å². The Hall–Kier alpha value is 0.0439. The molecule has 0 aliphatic heterocycles. The molecule has 5 heteroatoms. The number of aliphatic carboxylic acids is 2. The van der Waals surface area contributed by atoms with E-state index < -0.39 is 22.8 Å². The number of hydrogen-bond acceptors (Lipinski definition) is 2. The number of carbonyl (C=O) groups is 2. The van der Waals surface area contributed by atoms with Gasteiger partial charge in [-0.1, -0.05) is 0 Å². The summed E-state index contributed by atoms with van der Waals surface area (Å²) in [7, 11) is 0. The van der Waals surface area contributed by atoms with Gasteiger partial charge in [-0.3, -0.25) is 9.59 Å². The Kier molecular flexibility index (Phi) is 5.38. The van der Waals surface area contributed by atoms with Crippen molar-refractivity contribution in [3.05, 3.63) is 0 Å². The summed E-state index contributed by atoms with van der Waals surface area (Å²) in [5.74, 6) is -2.20. The zero-order valence-corrected chi connectivity index (χ0v) is 11.1. The smallest absolute Gasteiger partial charge is 0.310 e. The van der Waals surface area contributed by atoms with Crippen LogP contribution in [-0.2, 0) is 42.3 Å². The van der Waals surface area contributed by atoms with Crippen molar-refractivity contribution in [1.29, 1.82) is 0 Å². The van der Waals surface area contributed by atoms with Crippen LogP contribution in [0.25, 0.3) is 0 Å². The SMILES string of the molecule is CC(C)(C(=O)O)C(C)(C)C(=O)O.[Y]. The van der Waals surface area contributed by atoms with Gasteiger partial charge in [-0.05, 0) is 27.7 Å². The molecule has 0 spiro atoms. The molecule has 4 nitrogen and oxygen atoms in total. The molecular formula is C8H14O4Y. The third kappa shape index (κ3) is 2.74. The van der Waals surface area contributed by atoms with Crippen molar-refractivity contribution in [2.75, 3.05) is 0 Å². The maximum Gasteiger partial charge on any atom is 0.310 e. The minimum absolute atomic E-state index is 0. The standard InChI is InChI=1S/C8H14O4.Y/c1-7(2,5(9)10)8(3,4)6(11)12;/h1-4H3,(H,9,10)(H,11,12);. The minimum atomic E-state index is -1.27. The van der Waals surface area contributed by atoms with E-state index in [1.165, 1.54) is 27.7 Å². The molecular weight excluding hydrogens is 249 g/mol. The van der Waals surface area contributed by atoms with Crippen molar-refractivity contribution in [2.24, 2.45) is 10.8 Å². The average molecular weight is 263 g/mol. The molecule has 0 heterocycles. The normalized spacial score (nSPS) is 11.7. The van der Waals surface area contributed by atoms with Gasteiger partial charge < -0.3 is 10.2 Å². The van der Waals surface area contributed by atoms with Gasteiger partial charge in [0.15, 0.2) is 0 Å². The maximum absolute atomic E-state index is 10.7. The molecule has 0 bridgehead atoms. The summed E-state index contributed by atoms with van der Waals surface area (Å²) in [6, 6.07) is 0. The van der Waals surface area contributed by atoms with Crippen molar-refractivity contribution in [3.8, 4) is 0 Å². The van der Waals surface area contributed by atoms with Crippen LogP contribution >= 0.6 is 0 Å². The Morgan fingerprint density at radius 1 is 0.846 bits per heavy atom. The molecule has 0 saturated carbocycles. The van der Waals surface area contributed by atoms with Crippen LogP contribution in [0.3, 0.4) is 0 Å². The van der Waals surface area contributed by atoms with E-state index in [-0.39, 0.29) is 32.7 Å². The molecule has 1 radical (unpaired) electrons. The van der Waals surface area contributed by atoms with Gasteiger partial charge in [0, 0.05) is 32.7 Å². The molecule has 0 aromatic carbocycles. The van der Waals surface area contributed by atoms with Crippen LogP contribution in [-0.4, -0.2) is 22.2 Å². The number of hydrogen-bond donors (Lipinski definition) is 2. The Balaban J connectivity index is 0. The molecule has 0 aromatic rings. The van der Waals surface area contributed by atoms with Crippen molar-refractivity contribution >= 4 is 11.9 Å². The molecule has 0 atom stereocenters. The van der Waals surface area contributed by atoms with Gasteiger partial charge in [-0.2, -0.15) is 0 Å². The molecule has 73 valence electrons. The van der Waals surface area contributed by atoms with Gasteiger partial charge in [-0.15, -0.1) is 0 Å². The summed E-state index contributed by atoms with van der Waals surface area (Å²) in [5.41, 5.74) is -2.53. The summed E-state index contributed by atoms with van der Waals surface area (Å²) in [6.07, 6.45) is 0. The molecule has 0 aliphatic carbocycles. The first-order valence-corrected chi connectivity index (χ1v) is 3.61. The second kappa shape index (κ2) is 4.51. The van der Waals surface area contributed by atoms with Crippen molar-refractivity contribution in [2.45, 2.75) is 27.7 Å². The molecule has 0 unspecified atom stereocenters. The van der Waals surface area contributed by atoms with Crippen LogP contribution in [0.1, 0.15) is 27.7 Å². The maximum atomic E-state index is 10.7. The third-order valence-corrected chi connectivity index (χ3v) is 2.63. The third-order valence-electron chi connectivity index (χ3n) is 2.63. The van der Waals surface area contributed by atoms with Gasteiger partial charge in [0.1, 0.15) is 0 Å². The zero-order valence-electron chi connectivity index (χ0n) is 8.29. The topological polar surface area (TPSA) is 74.6 Å². The van der Waals surface area contributed by atoms with Crippen molar-refractivity contribution in [3.63, 3.8) is 0 Å². The van der Waals surface area contributed by atoms with Crippen LogP contribution in [0, 0.1) is 10.8 Å². The first kappa shape index (κ1) is 15.5. The Morgan fingerprint density at radius 3 is 1.08 bits per heavy atom. The van der Waals surface area contributed by atoms with Gasteiger partial charge in [0.25, 0.3) is 0 Å². The largest absolute Gasteiger partial charge is 0.481 e. The minimum Gasteiger partial charge on any atom is -0.481 e. The van der Waals surface area contributed by atoms with Crippen molar-refractivity contribution in [1.82, 2.24) is 0 Å². The summed E-state index contributed by atoms with van der Waals surface area (Å²) < 4.78 is 0. The van der Waals surface area contributed by atoms with E-state index >= 15 is 0 Å². The summed E-state index contributed by atoms with van der Waals surface area (Å²) in [6.45, 7) is 5.62. The molecule has 0 aromatic heterocycles. The van der Waals surface area contributed by atoms with Gasteiger partial charge in [0.05, 0.1) is 10.8 Å². The molecule has 0 aliphatic rings. The Labute approximate surface area is 103 Å². The number of carboxylic acids is 2. The second-order valence-corrected chi connectivity index (χ2v) is 3.86. The quantitative estimate of drug-likeness (QED) is 0.802. The summed E-state index contributed by atoms with van der Waals surface area (Å²) in [5, 5.41) is 17.5. The van der Waals surface area contributed by atoms with Crippen LogP contribution in [0.2, 0.25) is 0 Å². The van der Waals surface area contributed by atoms with E-state index in [9.17, 15) is 9.59 Å². The predicted molar refractivity (Wildman–Crippen MR) is 42.8 cm³/mol. The van der Waals surface area contributed by atoms with Crippen LogP contribution in [0.15, 0.2) is 0 Å². The van der Waals surface area contributed by atoms with Crippen LogP contribution < -0.4 is 0 Å². The van der Waals surface area contributed by atoms with E-state index in [1.54, 1.807) is 0 Å². The average Bonchev–Trinajstić information content (AvgIpc) is 1.86. The number of rotatable bonds is 3. The molecule has 2 N–H and O–H groups in total. The van der Waals surface area contributed by atoms with E-state index in [0.29, 0.717) is 0 Å². The molecule has 13 heavy (non-hydrogen) atoms. The zero-order chi connectivity index (χ0) is 10.2. The fraction of sp³-hybridized carbons (Fsp3) is 0.750. The molecule has 0 fully saturated rings. The molecule has 0 amide bonds. The van der Waals surface area contributed by atoms with Crippen LogP contribution in [0.4, 0.5) is 0 Å². The van der Waals surface area contributed by atoms with E-state index in [2.05, 4.69) is 0 Å². The van der Waals surface area contributed by atoms with Gasteiger partial charge in [0.2, 0.25) is 0 Å². The number of carboxylic acid groups (broad SMARTS) is 2. The Morgan fingerprint density at radius 2 is 1.00 bits per heavy atom. The van der Waals surface area contributed by atoms with Gasteiger partial charge >= 0.3 is 11.9 Å². The first-order chi connectivity index (χ1) is 5.14. The van der Waals surface area contributed by atoms with Gasteiger partial charge in [-0.25, -0.2) is 0 Å². The summed E-state index contributed by atoms with van der Waals surface area (Å²) in [4.78, 5) is 21.4. The molecule has 0 rings (SSSR count). The monoisotopic (exact) mass is 263 g/mol. The fourth-order valence-electron chi connectivity index (χ4n) is 0.535. The van der Waals surface area contributed by atoms with E-state index in [1.807, 2.05) is 0 Å². The first-order valence-electron chi connectivity index (χ1n) is 3.61. The van der Waals surface area contributed by atoms with Crippen LogP contribution in [0.5, 0.6) is 0 Å². The Bertz CT molecular complexity index is 196. The fourth-order valence-corrected chi connectivity index (χ4v) is 0.535.